The number of halogens is 3. The van der Waals surface area contributed by atoms with Crippen molar-refractivity contribution in [3.63, 3.8) is 0 Å². The minimum atomic E-state index is -4.39. The Balaban J connectivity index is 2.18. The maximum absolute atomic E-state index is 13.1. The van der Waals surface area contributed by atoms with E-state index in [1.54, 1.807) is 22.8 Å². The SMILES string of the molecule is CCCCCN(Cc1cccn1Cc1cccc(C(F)(F)F)c1)C(=O)CN(CC)C(=O)CC. The van der Waals surface area contributed by atoms with Crippen LogP contribution in [0.5, 0.6) is 0 Å². The lowest BCUT2D eigenvalue weighted by atomic mass is 10.1. The zero-order valence-electron chi connectivity index (χ0n) is 19.7. The second-order valence-corrected chi connectivity index (χ2v) is 8.11. The molecule has 5 nitrogen and oxygen atoms in total. The van der Waals surface area contributed by atoms with Crippen LogP contribution in [-0.2, 0) is 28.9 Å². The Labute approximate surface area is 194 Å². The molecule has 0 fully saturated rings. The molecular weight excluding hydrogens is 431 g/mol. The molecule has 1 aromatic heterocycles. The first-order valence-electron chi connectivity index (χ1n) is 11.5. The highest BCUT2D eigenvalue weighted by atomic mass is 19.4. The van der Waals surface area contributed by atoms with Crippen LogP contribution in [0.25, 0.3) is 0 Å². The van der Waals surface area contributed by atoms with Gasteiger partial charge in [-0.1, -0.05) is 38.8 Å². The van der Waals surface area contributed by atoms with E-state index in [9.17, 15) is 22.8 Å². The Morgan fingerprint density at radius 1 is 0.970 bits per heavy atom. The van der Waals surface area contributed by atoms with E-state index in [4.69, 9.17) is 0 Å². The van der Waals surface area contributed by atoms with Gasteiger partial charge in [-0.05, 0) is 43.2 Å². The molecule has 2 rings (SSSR count). The Kier molecular flexibility index (Phi) is 10.0. The molecule has 2 aromatic rings. The maximum atomic E-state index is 13.1. The molecule has 0 spiro atoms. The molecule has 2 amide bonds. The molecule has 33 heavy (non-hydrogen) atoms. The molecule has 8 heteroatoms. The number of hydrogen-bond acceptors (Lipinski definition) is 2. The molecule has 0 aliphatic heterocycles. The van der Waals surface area contributed by atoms with E-state index >= 15 is 0 Å². The summed E-state index contributed by atoms with van der Waals surface area (Å²) in [6.07, 6.45) is 0.618. The van der Waals surface area contributed by atoms with Crippen LogP contribution < -0.4 is 0 Å². The Morgan fingerprint density at radius 2 is 1.73 bits per heavy atom. The lowest BCUT2D eigenvalue weighted by Gasteiger charge is -2.27. The molecule has 1 aromatic carbocycles. The first-order chi connectivity index (χ1) is 15.7. The summed E-state index contributed by atoms with van der Waals surface area (Å²) >= 11 is 0. The second kappa shape index (κ2) is 12.5. The van der Waals surface area contributed by atoms with Crippen molar-refractivity contribution in [1.82, 2.24) is 14.4 Å². The summed E-state index contributed by atoms with van der Waals surface area (Å²) < 4.78 is 41.1. The van der Waals surface area contributed by atoms with E-state index in [-0.39, 0.29) is 24.9 Å². The van der Waals surface area contributed by atoms with Crippen LogP contribution in [0.15, 0.2) is 42.6 Å². The minimum absolute atomic E-state index is 0.0314. The fourth-order valence-corrected chi connectivity index (χ4v) is 3.69. The fourth-order valence-electron chi connectivity index (χ4n) is 3.69. The van der Waals surface area contributed by atoms with Crippen molar-refractivity contribution in [2.75, 3.05) is 19.6 Å². The molecule has 0 atom stereocenters. The van der Waals surface area contributed by atoms with Gasteiger partial charge in [0.05, 0.1) is 18.7 Å². The number of nitrogens with zero attached hydrogens (tertiary/aromatic N) is 3. The average Bonchev–Trinajstić information content (AvgIpc) is 3.22. The van der Waals surface area contributed by atoms with Crippen molar-refractivity contribution in [1.29, 1.82) is 0 Å². The molecule has 0 aliphatic carbocycles. The van der Waals surface area contributed by atoms with Gasteiger partial charge in [-0.25, -0.2) is 0 Å². The number of carbonyl (C=O) groups excluding carboxylic acids is 2. The third kappa shape index (κ3) is 7.94. The molecule has 1 heterocycles. The standard InChI is InChI=1S/C25H34F3N3O2/c1-4-7-8-14-31(24(33)19-29(6-3)23(32)5-2)18-22-13-10-15-30(22)17-20-11-9-12-21(16-20)25(26,27)28/h9-13,15-16H,4-8,14,17-19H2,1-3H3. The third-order valence-electron chi connectivity index (χ3n) is 5.63. The highest BCUT2D eigenvalue weighted by molar-refractivity contribution is 5.84. The first kappa shape index (κ1) is 26.5. The molecule has 0 aliphatic rings. The quantitative estimate of drug-likeness (QED) is 0.398. The van der Waals surface area contributed by atoms with Crippen molar-refractivity contribution < 1.29 is 22.8 Å². The van der Waals surface area contributed by atoms with Gasteiger partial charge in [0.15, 0.2) is 0 Å². The van der Waals surface area contributed by atoms with Crippen LogP contribution in [0, 0.1) is 0 Å². The molecule has 0 saturated heterocycles. The number of likely N-dealkylation sites (N-methyl/N-ethyl adjacent to an activating group) is 1. The Morgan fingerprint density at radius 3 is 2.36 bits per heavy atom. The van der Waals surface area contributed by atoms with Gasteiger partial charge in [0.1, 0.15) is 0 Å². The zero-order chi connectivity index (χ0) is 24.4. The summed E-state index contributed by atoms with van der Waals surface area (Å²) in [6.45, 7) is 7.39. The Bertz CT molecular complexity index is 908. The predicted octanol–water partition coefficient (Wildman–Crippen LogP) is 5.33. The van der Waals surface area contributed by atoms with Crippen molar-refractivity contribution in [3.05, 3.63) is 59.4 Å². The summed E-state index contributed by atoms with van der Waals surface area (Å²) in [5.74, 6) is -0.186. The highest BCUT2D eigenvalue weighted by Gasteiger charge is 2.30. The van der Waals surface area contributed by atoms with Crippen LogP contribution >= 0.6 is 0 Å². The normalized spacial score (nSPS) is 11.5. The fraction of sp³-hybridized carbons (Fsp3) is 0.520. The summed E-state index contributed by atoms with van der Waals surface area (Å²) in [5, 5.41) is 0. The molecule has 0 radical (unpaired) electrons. The number of aromatic nitrogens is 1. The van der Waals surface area contributed by atoms with Gasteiger partial charge in [-0.2, -0.15) is 13.2 Å². The van der Waals surface area contributed by atoms with Crippen molar-refractivity contribution in [2.24, 2.45) is 0 Å². The van der Waals surface area contributed by atoms with E-state index < -0.39 is 11.7 Å². The number of alkyl halides is 3. The second-order valence-electron chi connectivity index (χ2n) is 8.11. The lowest BCUT2D eigenvalue weighted by Crippen LogP contribution is -2.43. The number of hydrogen-bond donors (Lipinski definition) is 0. The van der Waals surface area contributed by atoms with E-state index in [0.717, 1.165) is 37.1 Å². The van der Waals surface area contributed by atoms with Crippen LogP contribution in [0.3, 0.4) is 0 Å². The molecule has 0 N–H and O–H groups in total. The lowest BCUT2D eigenvalue weighted by molar-refractivity contribution is -0.140. The van der Waals surface area contributed by atoms with E-state index in [1.165, 1.54) is 6.07 Å². The largest absolute Gasteiger partial charge is 0.416 e. The van der Waals surface area contributed by atoms with Crippen molar-refractivity contribution in [2.45, 2.75) is 65.7 Å². The van der Waals surface area contributed by atoms with Crippen LogP contribution in [0.4, 0.5) is 13.2 Å². The molecular formula is C25H34F3N3O2. The molecule has 0 saturated carbocycles. The predicted molar refractivity (Wildman–Crippen MR) is 122 cm³/mol. The van der Waals surface area contributed by atoms with Crippen molar-refractivity contribution >= 4 is 11.8 Å². The summed E-state index contributed by atoms with van der Waals surface area (Å²) in [7, 11) is 0. The summed E-state index contributed by atoms with van der Waals surface area (Å²) in [6, 6.07) is 9.00. The van der Waals surface area contributed by atoms with Gasteiger partial charge in [-0.3, -0.25) is 9.59 Å². The van der Waals surface area contributed by atoms with Crippen LogP contribution in [0.2, 0.25) is 0 Å². The van der Waals surface area contributed by atoms with Gasteiger partial charge in [-0.15, -0.1) is 0 Å². The maximum Gasteiger partial charge on any atom is 0.416 e. The number of amides is 2. The average molecular weight is 466 g/mol. The number of carbonyl (C=O) groups is 2. The molecule has 0 unspecified atom stereocenters. The molecule has 0 bridgehead atoms. The zero-order valence-corrected chi connectivity index (χ0v) is 19.7. The summed E-state index contributed by atoms with van der Waals surface area (Å²) in [4.78, 5) is 28.5. The van der Waals surface area contributed by atoms with Crippen LogP contribution in [-0.4, -0.2) is 45.8 Å². The topological polar surface area (TPSA) is 45.6 Å². The van der Waals surface area contributed by atoms with E-state index in [0.29, 0.717) is 31.6 Å². The van der Waals surface area contributed by atoms with E-state index in [2.05, 4.69) is 6.92 Å². The van der Waals surface area contributed by atoms with Gasteiger partial charge >= 0.3 is 6.18 Å². The van der Waals surface area contributed by atoms with Crippen LogP contribution in [0.1, 0.15) is 63.3 Å². The monoisotopic (exact) mass is 465 g/mol. The van der Waals surface area contributed by atoms with Gasteiger partial charge in [0, 0.05) is 37.9 Å². The van der Waals surface area contributed by atoms with Crippen molar-refractivity contribution in [3.8, 4) is 0 Å². The molecule has 182 valence electrons. The number of rotatable bonds is 12. The highest BCUT2D eigenvalue weighted by Crippen LogP contribution is 2.29. The van der Waals surface area contributed by atoms with Gasteiger partial charge < -0.3 is 14.4 Å². The summed E-state index contributed by atoms with van der Waals surface area (Å²) in [5.41, 5.74) is 0.698. The number of benzene rings is 1. The Hall–Kier alpha value is -2.77. The van der Waals surface area contributed by atoms with E-state index in [1.807, 2.05) is 29.8 Å². The first-order valence-corrected chi connectivity index (χ1v) is 11.5. The third-order valence-corrected chi connectivity index (χ3v) is 5.63. The van der Waals surface area contributed by atoms with Gasteiger partial charge in [0.2, 0.25) is 11.8 Å². The smallest absolute Gasteiger partial charge is 0.345 e. The minimum Gasteiger partial charge on any atom is -0.345 e. The number of unbranched alkanes of at least 4 members (excludes halogenated alkanes) is 2. The van der Waals surface area contributed by atoms with Gasteiger partial charge in [0.25, 0.3) is 0 Å².